The van der Waals surface area contributed by atoms with Gasteiger partial charge in [0.25, 0.3) is 0 Å². The van der Waals surface area contributed by atoms with Crippen molar-refractivity contribution in [2.45, 2.75) is 31.5 Å². The summed E-state index contributed by atoms with van der Waals surface area (Å²) in [5.41, 5.74) is 0.942. The minimum absolute atomic E-state index is 0.0950. The Morgan fingerprint density at radius 2 is 2.14 bits per heavy atom. The Kier molecular flexibility index (Phi) is 5.58. The molecule has 2 aliphatic rings. The average Bonchev–Trinajstić information content (AvgIpc) is 3.13. The van der Waals surface area contributed by atoms with Gasteiger partial charge in [0.15, 0.2) is 0 Å². The number of hydrogen-bond donors (Lipinski definition) is 4. The summed E-state index contributed by atoms with van der Waals surface area (Å²) >= 11 is 3.50. The number of nitrogens with one attached hydrogen (secondary N) is 4. The van der Waals surface area contributed by atoms with Crippen LogP contribution in [0.5, 0.6) is 0 Å². The third-order valence-electron chi connectivity index (χ3n) is 5.07. The number of fused-ring (bicyclic) bond motifs is 1. The van der Waals surface area contributed by atoms with Crippen LogP contribution in [0.3, 0.4) is 0 Å². The van der Waals surface area contributed by atoms with Gasteiger partial charge in [0.05, 0.1) is 33.1 Å². The number of rotatable bonds is 4. The van der Waals surface area contributed by atoms with E-state index in [0.29, 0.717) is 23.0 Å². The van der Waals surface area contributed by atoms with Crippen molar-refractivity contribution < 1.29 is 17.9 Å². The smallest absolute Gasteiger partial charge is 0.387 e. The van der Waals surface area contributed by atoms with Crippen molar-refractivity contribution in [2.24, 2.45) is 4.99 Å². The standard InChI is InChI=1S/C19H21BrF3N5O/c1-24-14-5-4-11-12(8-26-17(11)15(14)20)16-13(19(21,22)23)9-27-18(28-16)29-10-3-2-6-25-7-10/h4-5,8-10,18,24-27H,2-3,6-7H2,1H3. The highest BCUT2D eigenvalue weighted by Crippen LogP contribution is 2.36. The number of piperidine rings is 1. The summed E-state index contributed by atoms with van der Waals surface area (Å²) in [5, 5.41) is 9.55. The monoisotopic (exact) mass is 471 g/mol. The second-order valence-corrected chi connectivity index (χ2v) is 7.75. The fourth-order valence-corrected chi connectivity index (χ4v) is 4.28. The maximum absolute atomic E-state index is 13.7. The minimum Gasteiger partial charge on any atom is -0.387 e. The normalized spacial score (nSPS) is 22.8. The molecule has 1 aromatic heterocycles. The van der Waals surface area contributed by atoms with Gasteiger partial charge in [-0.05, 0) is 41.4 Å². The van der Waals surface area contributed by atoms with Crippen LogP contribution in [-0.2, 0) is 4.74 Å². The zero-order chi connectivity index (χ0) is 20.6. The van der Waals surface area contributed by atoms with Crippen molar-refractivity contribution in [3.63, 3.8) is 0 Å². The molecule has 2 unspecified atom stereocenters. The van der Waals surface area contributed by atoms with Crippen molar-refractivity contribution in [1.82, 2.24) is 15.6 Å². The number of aromatic amines is 1. The maximum Gasteiger partial charge on any atom is 0.419 e. The molecule has 0 bridgehead atoms. The second-order valence-electron chi connectivity index (χ2n) is 6.96. The number of aromatic nitrogens is 1. The molecule has 1 saturated heterocycles. The Hall–Kier alpha value is -2.04. The van der Waals surface area contributed by atoms with E-state index >= 15 is 0 Å². The SMILES string of the molecule is CNc1ccc2c(C3=NC(OC4CCCNC4)NC=C3C(F)(F)F)c[nH]c2c1Br. The highest BCUT2D eigenvalue weighted by molar-refractivity contribution is 9.10. The van der Waals surface area contributed by atoms with Crippen LogP contribution in [0.1, 0.15) is 18.4 Å². The van der Waals surface area contributed by atoms with E-state index in [2.05, 4.69) is 41.9 Å². The molecule has 156 valence electrons. The lowest BCUT2D eigenvalue weighted by molar-refractivity contribution is -0.0882. The molecule has 0 amide bonds. The molecule has 0 aliphatic carbocycles. The number of alkyl halides is 3. The van der Waals surface area contributed by atoms with E-state index < -0.39 is 18.1 Å². The van der Waals surface area contributed by atoms with Crippen LogP contribution in [0.25, 0.3) is 10.9 Å². The van der Waals surface area contributed by atoms with Crippen molar-refractivity contribution in [3.05, 3.63) is 40.1 Å². The molecule has 10 heteroatoms. The number of benzene rings is 1. The van der Waals surface area contributed by atoms with Crippen LogP contribution in [0, 0.1) is 0 Å². The molecular weight excluding hydrogens is 451 g/mol. The largest absolute Gasteiger partial charge is 0.419 e. The summed E-state index contributed by atoms with van der Waals surface area (Å²) in [4.78, 5) is 7.37. The Morgan fingerprint density at radius 1 is 1.31 bits per heavy atom. The third kappa shape index (κ3) is 4.01. The number of aliphatic imine (C=N–C) groups is 1. The summed E-state index contributed by atoms with van der Waals surface area (Å²) < 4.78 is 47.7. The summed E-state index contributed by atoms with van der Waals surface area (Å²) in [6, 6.07) is 3.58. The number of anilines is 1. The van der Waals surface area contributed by atoms with E-state index in [4.69, 9.17) is 4.74 Å². The Bertz CT molecular complexity index is 963. The molecule has 29 heavy (non-hydrogen) atoms. The quantitative estimate of drug-likeness (QED) is 0.546. The number of H-pyrrole nitrogens is 1. The number of allylic oxidation sites excluding steroid dienone is 1. The fourth-order valence-electron chi connectivity index (χ4n) is 3.62. The fraction of sp³-hybridized carbons (Fsp3) is 0.421. The van der Waals surface area contributed by atoms with E-state index in [1.54, 1.807) is 19.3 Å². The predicted octanol–water partition coefficient (Wildman–Crippen LogP) is 3.86. The van der Waals surface area contributed by atoms with Crippen molar-refractivity contribution in [2.75, 3.05) is 25.5 Å². The first-order valence-corrected chi connectivity index (χ1v) is 10.1. The lowest BCUT2D eigenvalue weighted by atomic mass is 10.0. The van der Waals surface area contributed by atoms with Crippen LogP contribution >= 0.6 is 15.9 Å². The lowest BCUT2D eigenvalue weighted by Gasteiger charge is -2.29. The lowest BCUT2D eigenvalue weighted by Crippen LogP contribution is -2.42. The average molecular weight is 472 g/mol. The van der Waals surface area contributed by atoms with Crippen LogP contribution in [0.2, 0.25) is 0 Å². The van der Waals surface area contributed by atoms with E-state index in [0.717, 1.165) is 35.7 Å². The molecule has 6 nitrogen and oxygen atoms in total. The Labute approximate surface area is 174 Å². The molecule has 2 aliphatic heterocycles. The molecule has 3 heterocycles. The van der Waals surface area contributed by atoms with E-state index in [9.17, 15) is 13.2 Å². The summed E-state index contributed by atoms with van der Waals surface area (Å²) in [6.07, 6.45) is -1.19. The topological polar surface area (TPSA) is 73.5 Å². The maximum atomic E-state index is 13.7. The van der Waals surface area contributed by atoms with Gasteiger partial charge >= 0.3 is 6.18 Å². The van der Waals surface area contributed by atoms with Gasteiger partial charge in [0.1, 0.15) is 0 Å². The minimum atomic E-state index is -4.55. The second kappa shape index (κ2) is 8.00. The molecule has 1 fully saturated rings. The van der Waals surface area contributed by atoms with Gasteiger partial charge in [0, 0.05) is 36.9 Å². The van der Waals surface area contributed by atoms with E-state index in [-0.39, 0.29) is 11.8 Å². The molecule has 2 aromatic rings. The van der Waals surface area contributed by atoms with Crippen molar-refractivity contribution in [1.29, 1.82) is 0 Å². The Balaban J connectivity index is 1.73. The number of halogens is 4. The molecular formula is C19H21BrF3N5O. The molecule has 2 atom stereocenters. The highest BCUT2D eigenvalue weighted by Gasteiger charge is 2.40. The number of ether oxygens (including phenoxy) is 1. The van der Waals surface area contributed by atoms with Gasteiger partial charge in [0.2, 0.25) is 6.35 Å². The zero-order valence-corrected chi connectivity index (χ0v) is 17.2. The van der Waals surface area contributed by atoms with Crippen LogP contribution in [-0.4, -0.2) is 49.5 Å². The summed E-state index contributed by atoms with van der Waals surface area (Å²) in [5.74, 6) is 0. The first-order valence-electron chi connectivity index (χ1n) is 9.34. The molecule has 0 spiro atoms. The van der Waals surface area contributed by atoms with Gasteiger partial charge in [-0.25, -0.2) is 4.99 Å². The number of hydrogen-bond acceptors (Lipinski definition) is 5. The predicted molar refractivity (Wildman–Crippen MR) is 110 cm³/mol. The molecule has 4 rings (SSSR count). The Morgan fingerprint density at radius 3 is 2.83 bits per heavy atom. The van der Waals surface area contributed by atoms with Gasteiger partial charge in [-0.3, -0.25) is 0 Å². The van der Waals surface area contributed by atoms with Gasteiger partial charge in [-0.1, -0.05) is 6.07 Å². The van der Waals surface area contributed by atoms with Crippen LogP contribution in [0.15, 0.2) is 39.6 Å². The summed E-state index contributed by atoms with van der Waals surface area (Å²) in [7, 11) is 1.78. The molecule has 4 N–H and O–H groups in total. The molecule has 1 aromatic carbocycles. The van der Waals surface area contributed by atoms with Crippen molar-refractivity contribution >= 4 is 38.2 Å². The van der Waals surface area contributed by atoms with Gasteiger partial charge in [-0.15, -0.1) is 0 Å². The molecule has 0 saturated carbocycles. The zero-order valence-electron chi connectivity index (χ0n) is 15.7. The first-order chi connectivity index (χ1) is 13.9. The first kappa shape index (κ1) is 20.2. The third-order valence-corrected chi connectivity index (χ3v) is 5.89. The van der Waals surface area contributed by atoms with Gasteiger partial charge in [-0.2, -0.15) is 13.2 Å². The van der Waals surface area contributed by atoms with Gasteiger partial charge < -0.3 is 25.7 Å². The van der Waals surface area contributed by atoms with Crippen LogP contribution < -0.4 is 16.0 Å². The van der Waals surface area contributed by atoms with E-state index in [1.165, 1.54) is 0 Å². The number of nitrogens with zero attached hydrogens (tertiary/aromatic N) is 1. The van der Waals surface area contributed by atoms with Crippen LogP contribution in [0.4, 0.5) is 18.9 Å². The summed E-state index contributed by atoms with van der Waals surface area (Å²) in [6.45, 7) is 1.58. The highest BCUT2D eigenvalue weighted by atomic mass is 79.9. The van der Waals surface area contributed by atoms with E-state index in [1.807, 2.05) is 6.07 Å². The molecule has 0 radical (unpaired) electrons. The van der Waals surface area contributed by atoms with Crippen molar-refractivity contribution in [3.8, 4) is 0 Å².